The van der Waals surface area contributed by atoms with Crippen LogP contribution in [0.2, 0.25) is 0 Å². The molecule has 1 aromatic carbocycles. The highest BCUT2D eigenvalue weighted by molar-refractivity contribution is 7.99. The van der Waals surface area contributed by atoms with Crippen molar-refractivity contribution >= 4 is 17.7 Å². The number of fused-ring (bicyclic) bond motifs is 1. The molecule has 2 rings (SSSR count). The number of carbonyl (C=O) groups is 1. The van der Waals surface area contributed by atoms with Crippen LogP contribution in [-0.4, -0.2) is 16.8 Å². The number of carboxylic acid groups (broad SMARTS) is 1. The lowest BCUT2D eigenvalue weighted by Crippen LogP contribution is -2.00. The van der Waals surface area contributed by atoms with E-state index in [1.807, 2.05) is 23.9 Å². The largest absolute Gasteiger partial charge is 0.481 e. The summed E-state index contributed by atoms with van der Waals surface area (Å²) < 4.78 is 0. The summed E-state index contributed by atoms with van der Waals surface area (Å²) in [4.78, 5) is 11.8. The van der Waals surface area contributed by atoms with Crippen molar-refractivity contribution < 1.29 is 9.90 Å². The molecule has 0 aliphatic carbocycles. The Hall–Kier alpha value is -0.960. The second-order valence-corrected chi connectivity index (χ2v) is 4.72. The van der Waals surface area contributed by atoms with Gasteiger partial charge in [-0.05, 0) is 23.1 Å². The average Bonchev–Trinajstić information content (AvgIpc) is 2.46. The summed E-state index contributed by atoms with van der Waals surface area (Å²) >= 11 is 1.82. The Kier molecular flexibility index (Phi) is 2.50. The van der Waals surface area contributed by atoms with Crippen molar-refractivity contribution in [2.24, 2.45) is 0 Å². The fraction of sp³-hybridized carbons (Fsp3) is 0.364. The van der Waals surface area contributed by atoms with Gasteiger partial charge in [0.1, 0.15) is 0 Å². The molecule has 1 unspecified atom stereocenters. The Morgan fingerprint density at radius 3 is 3.14 bits per heavy atom. The van der Waals surface area contributed by atoms with Crippen LogP contribution in [0, 0.1) is 0 Å². The molecule has 0 saturated heterocycles. The van der Waals surface area contributed by atoms with Crippen LogP contribution in [0.4, 0.5) is 0 Å². The van der Waals surface area contributed by atoms with Crippen LogP contribution in [0.1, 0.15) is 24.0 Å². The van der Waals surface area contributed by atoms with Gasteiger partial charge >= 0.3 is 5.97 Å². The molecule has 0 spiro atoms. The van der Waals surface area contributed by atoms with E-state index < -0.39 is 5.97 Å². The van der Waals surface area contributed by atoms with Crippen LogP contribution >= 0.6 is 11.8 Å². The van der Waals surface area contributed by atoms with Gasteiger partial charge in [0.05, 0.1) is 6.42 Å². The number of hydrogen-bond donors (Lipinski definition) is 1. The van der Waals surface area contributed by atoms with Crippen LogP contribution in [0.3, 0.4) is 0 Å². The van der Waals surface area contributed by atoms with Crippen LogP contribution in [0.5, 0.6) is 0 Å². The molecule has 2 nitrogen and oxygen atoms in total. The highest BCUT2D eigenvalue weighted by Crippen LogP contribution is 2.39. The number of rotatable bonds is 2. The summed E-state index contributed by atoms with van der Waals surface area (Å²) in [6, 6.07) is 6.01. The van der Waals surface area contributed by atoms with Crippen molar-refractivity contribution in [1.82, 2.24) is 0 Å². The van der Waals surface area contributed by atoms with Gasteiger partial charge in [0.2, 0.25) is 0 Å². The average molecular weight is 208 g/mol. The van der Waals surface area contributed by atoms with E-state index in [1.54, 1.807) is 0 Å². The van der Waals surface area contributed by atoms with Gasteiger partial charge in [-0.25, -0.2) is 0 Å². The quantitative estimate of drug-likeness (QED) is 0.811. The van der Waals surface area contributed by atoms with Gasteiger partial charge in [0.15, 0.2) is 0 Å². The molecule has 1 N–H and O–H groups in total. The Morgan fingerprint density at radius 2 is 2.43 bits per heavy atom. The Labute approximate surface area is 87.3 Å². The zero-order valence-electron chi connectivity index (χ0n) is 7.99. The molecular formula is C11H12O2S. The summed E-state index contributed by atoms with van der Waals surface area (Å²) in [5.74, 6) is 0.959. The molecule has 3 heteroatoms. The predicted octanol–water partition coefficient (Wildman–Crippen LogP) is 2.52. The molecule has 1 atom stereocenters. The third kappa shape index (κ3) is 1.77. The second-order valence-electron chi connectivity index (χ2n) is 3.65. The zero-order valence-corrected chi connectivity index (χ0v) is 8.80. The van der Waals surface area contributed by atoms with Gasteiger partial charge in [-0.15, -0.1) is 11.8 Å². The first-order valence-electron chi connectivity index (χ1n) is 4.64. The second kappa shape index (κ2) is 3.65. The zero-order chi connectivity index (χ0) is 10.1. The van der Waals surface area contributed by atoms with Crippen molar-refractivity contribution in [2.75, 3.05) is 5.75 Å². The fourth-order valence-electron chi connectivity index (χ4n) is 1.70. The number of benzene rings is 1. The van der Waals surface area contributed by atoms with Crippen LogP contribution in [0.25, 0.3) is 0 Å². The maximum absolute atomic E-state index is 10.5. The molecule has 1 aliphatic rings. The van der Waals surface area contributed by atoms with E-state index in [0.717, 1.165) is 11.3 Å². The minimum absolute atomic E-state index is 0.127. The van der Waals surface area contributed by atoms with Gasteiger partial charge in [0, 0.05) is 10.6 Å². The maximum atomic E-state index is 10.5. The van der Waals surface area contributed by atoms with Gasteiger partial charge in [-0.1, -0.05) is 19.1 Å². The standard InChI is InChI=1S/C11H12O2S/c1-7-6-14-10-4-8(5-11(12)13)2-3-9(7)10/h2-4,7H,5-6H2,1H3,(H,12,13). The first-order valence-corrected chi connectivity index (χ1v) is 5.63. The third-order valence-corrected chi connectivity index (χ3v) is 3.78. The normalized spacial score (nSPS) is 19.4. The molecule has 0 amide bonds. The molecular weight excluding hydrogens is 196 g/mol. The van der Waals surface area contributed by atoms with Crippen molar-refractivity contribution in [3.63, 3.8) is 0 Å². The summed E-state index contributed by atoms with van der Waals surface area (Å²) in [7, 11) is 0. The van der Waals surface area contributed by atoms with Crippen molar-refractivity contribution in [1.29, 1.82) is 0 Å². The number of carboxylic acids is 1. The topological polar surface area (TPSA) is 37.3 Å². The lowest BCUT2D eigenvalue weighted by molar-refractivity contribution is -0.136. The summed E-state index contributed by atoms with van der Waals surface area (Å²) in [5, 5.41) is 8.66. The SMILES string of the molecule is CC1CSc2cc(CC(=O)O)ccc21. The van der Waals surface area contributed by atoms with Crippen LogP contribution in [0.15, 0.2) is 23.1 Å². The monoisotopic (exact) mass is 208 g/mol. The van der Waals surface area contributed by atoms with Crippen molar-refractivity contribution in [3.05, 3.63) is 29.3 Å². The Bertz CT molecular complexity index is 374. The minimum Gasteiger partial charge on any atom is -0.481 e. The van der Waals surface area contributed by atoms with Crippen molar-refractivity contribution in [2.45, 2.75) is 24.2 Å². The van der Waals surface area contributed by atoms with Gasteiger partial charge < -0.3 is 5.11 Å². The number of hydrogen-bond acceptors (Lipinski definition) is 2. The maximum Gasteiger partial charge on any atom is 0.307 e. The van der Waals surface area contributed by atoms with E-state index in [4.69, 9.17) is 5.11 Å². The van der Waals surface area contributed by atoms with Gasteiger partial charge in [0.25, 0.3) is 0 Å². The molecule has 1 aliphatic heterocycles. The minimum atomic E-state index is -0.763. The summed E-state index contributed by atoms with van der Waals surface area (Å²) in [5.41, 5.74) is 2.27. The summed E-state index contributed by atoms with van der Waals surface area (Å²) in [6.07, 6.45) is 0.127. The predicted molar refractivity (Wildman–Crippen MR) is 56.9 cm³/mol. The molecule has 14 heavy (non-hydrogen) atoms. The van der Waals surface area contributed by atoms with Crippen molar-refractivity contribution in [3.8, 4) is 0 Å². The molecule has 0 aromatic heterocycles. The Balaban J connectivity index is 2.28. The smallest absolute Gasteiger partial charge is 0.307 e. The molecule has 0 saturated carbocycles. The van der Waals surface area contributed by atoms with E-state index in [-0.39, 0.29) is 6.42 Å². The summed E-state index contributed by atoms with van der Waals surface area (Å²) in [6.45, 7) is 2.20. The molecule has 0 fully saturated rings. The first-order chi connectivity index (χ1) is 6.66. The first kappa shape index (κ1) is 9.59. The number of aliphatic carboxylic acids is 1. The molecule has 1 aromatic rings. The molecule has 0 bridgehead atoms. The molecule has 1 heterocycles. The van der Waals surface area contributed by atoms with E-state index >= 15 is 0 Å². The Morgan fingerprint density at radius 1 is 1.64 bits per heavy atom. The van der Waals surface area contributed by atoms with E-state index in [1.165, 1.54) is 10.5 Å². The highest BCUT2D eigenvalue weighted by Gasteiger charge is 2.19. The van der Waals surface area contributed by atoms with E-state index in [2.05, 4.69) is 13.0 Å². The lowest BCUT2D eigenvalue weighted by atomic mass is 10.0. The molecule has 74 valence electrons. The highest BCUT2D eigenvalue weighted by atomic mass is 32.2. The van der Waals surface area contributed by atoms with Gasteiger partial charge in [-0.2, -0.15) is 0 Å². The van der Waals surface area contributed by atoms with E-state index in [0.29, 0.717) is 5.92 Å². The van der Waals surface area contributed by atoms with Gasteiger partial charge in [-0.3, -0.25) is 4.79 Å². The van der Waals surface area contributed by atoms with Crippen LogP contribution < -0.4 is 0 Å². The fourth-order valence-corrected chi connectivity index (χ4v) is 2.98. The third-order valence-electron chi connectivity index (χ3n) is 2.45. The molecule has 0 radical (unpaired) electrons. The lowest BCUT2D eigenvalue weighted by Gasteiger charge is -2.04. The van der Waals surface area contributed by atoms with Crippen LogP contribution in [-0.2, 0) is 11.2 Å². The van der Waals surface area contributed by atoms with E-state index in [9.17, 15) is 4.79 Å². The number of thioether (sulfide) groups is 1.